The first kappa shape index (κ1) is 23.1. The number of aromatic nitrogens is 2. The van der Waals surface area contributed by atoms with E-state index in [2.05, 4.69) is 25.7 Å². The molecular formula is C21H26FN5O3S. The second-order valence-corrected chi connectivity index (χ2v) is 8.09. The molecule has 3 rings (SSSR count). The van der Waals surface area contributed by atoms with E-state index in [1.807, 2.05) is 0 Å². The third-order valence-electron chi connectivity index (χ3n) is 4.64. The number of nitrogens with zero attached hydrogens (tertiary/aromatic N) is 3. The highest BCUT2D eigenvalue weighted by Crippen LogP contribution is 2.17. The van der Waals surface area contributed by atoms with E-state index in [1.165, 1.54) is 36.0 Å². The van der Waals surface area contributed by atoms with E-state index in [1.54, 1.807) is 12.1 Å². The van der Waals surface area contributed by atoms with Crippen molar-refractivity contribution in [1.29, 1.82) is 0 Å². The Morgan fingerprint density at radius 2 is 1.87 bits per heavy atom. The van der Waals surface area contributed by atoms with Gasteiger partial charge in [0.2, 0.25) is 5.91 Å². The van der Waals surface area contributed by atoms with Gasteiger partial charge in [-0.15, -0.1) is 22.0 Å². The van der Waals surface area contributed by atoms with Crippen molar-refractivity contribution in [3.8, 4) is 0 Å². The largest absolute Gasteiger partial charge is 0.379 e. The smallest absolute Gasteiger partial charge is 0.256 e. The molecule has 2 heterocycles. The SMILES string of the molecule is O=C(CCCSc1ccc(NC(=O)c2ccc(F)cc2)nn1)NCCN1CCOCC1. The van der Waals surface area contributed by atoms with Gasteiger partial charge in [-0.2, -0.15) is 0 Å². The molecule has 0 atom stereocenters. The maximum absolute atomic E-state index is 12.9. The molecule has 8 nitrogen and oxygen atoms in total. The van der Waals surface area contributed by atoms with Gasteiger partial charge in [0.25, 0.3) is 5.91 Å². The van der Waals surface area contributed by atoms with E-state index in [-0.39, 0.29) is 11.8 Å². The summed E-state index contributed by atoms with van der Waals surface area (Å²) in [6.07, 6.45) is 1.20. The van der Waals surface area contributed by atoms with Gasteiger partial charge in [-0.25, -0.2) is 4.39 Å². The zero-order valence-electron chi connectivity index (χ0n) is 17.2. The van der Waals surface area contributed by atoms with E-state index in [4.69, 9.17) is 4.74 Å². The number of carbonyl (C=O) groups is 2. The number of carbonyl (C=O) groups excluding carboxylic acids is 2. The summed E-state index contributed by atoms with van der Waals surface area (Å²) in [6.45, 7) is 4.86. The maximum atomic E-state index is 12.9. The first-order chi connectivity index (χ1) is 15.1. The van der Waals surface area contributed by atoms with Crippen LogP contribution in [0.4, 0.5) is 10.2 Å². The normalized spacial score (nSPS) is 14.2. The van der Waals surface area contributed by atoms with Gasteiger partial charge in [0, 0.05) is 43.9 Å². The van der Waals surface area contributed by atoms with Crippen LogP contribution in [0.25, 0.3) is 0 Å². The molecule has 2 N–H and O–H groups in total. The summed E-state index contributed by atoms with van der Waals surface area (Å²) in [5.41, 5.74) is 0.338. The molecule has 0 bridgehead atoms. The minimum absolute atomic E-state index is 0.0544. The summed E-state index contributed by atoms with van der Waals surface area (Å²) in [7, 11) is 0. The number of amides is 2. The van der Waals surface area contributed by atoms with E-state index in [9.17, 15) is 14.0 Å². The molecule has 1 aromatic carbocycles. The molecule has 1 aromatic heterocycles. The molecule has 2 amide bonds. The van der Waals surface area contributed by atoms with Crippen LogP contribution >= 0.6 is 11.8 Å². The molecule has 10 heteroatoms. The van der Waals surface area contributed by atoms with Crippen LogP contribution in [0, 0.1) is 5.82 Å². The standard InChI is InChI=1S/C21H26FN5O3S/c22-17-5-3-16(4-6-17)21(29)24-18-7-8-20(26-25-18)31-15-1-2-19(28)23-9-10-27-11-13-30-14-12-27/h3-8H,1-2,9-15H2,(H,23,28)(H,24,25,29). The lowest BCUT2D eigenvalue weighted by atomic mass is 10.2. The van der Waals surface area contributed by atoms with Crippen molar-refractivity contribution in [2.24, 2.45) is 0 Å². The molecule has 0 spiro atoms. The molecular weight excluding hydrogens is 421 g/mol. The second-order valence-electron chi connectivity index (χ2n) is 6.97. The molecule has 31 heavy (non-hydrogen) atoms. The number of thioether (sulfide) groups is 1. The van der Waals surface area contributed by atoms with Gasteiger partial charge in [0.1, 0.15) is 10.8 Å². The van der Waals surface area contributed by atoms with Crippen molar-refractivity contribution >= 4 is 29.4 Å². The fourth-order valence-corrected chi connectivity index (χ4v) is 3.69. The minimum atomic E-state index is -0.400. The lowest BCUT2D eigenvalue weighted by Gasteiger charge is -2.26. The number of rotatable bonds is 10. The fraction of sp³-hybridized carbons (Fsp3) is 0.429. The molecule has 1 saturated heterocycles. The number of hydrogen-bond donors (Lipinski definition) is 2. The first-order valence-corrected chi connectivity index (χ1v) is 11.2. The lowest BCUT2D eigenvalue weighted by molar-refractivity contribution is -0.121. The zero-order valence-corrected chi connectivity index (χ0v) is 18.0. The average Bonchev–Trinajstić information content (AvgIpc) is 2.79. The van der Waals surface area contributed by atoms with Crippen molar-refractivity contribution in [3.05, 3.63) is 47.8 Å². The summed E-state index contributed by atoms with van der Waals surface area (Å²) in [6, 6.07) is 8.69. The number of benzene rings is 1. The zero-order chi connectivity index (χ0) is 21.9. The van der Waals surface area contributed by atoms with Crippen molar-refractivity contribution in [2.75, 3.05) is 50.5 Å². The van der Waals surface area contributed by atoms with Crippen LogP contribution in [0.1, 0.15) is 23.2 Å². The van der Waals surface area contributed by atoms with Gasteiger partial charge in [-0.1, -0.05) is 0 Å². The summed E-state index contributed by atoms with van der Waals surface area (Å²) < 4.78 is 18.2. The second kappa shape index (κ2) is 12.3. The molecule has 0 radical (unpaired) electrons. The van der Waals surface area contributed by atoms with Gasteiger partial charge in [0.05, 0.1) is 13.2 Å². The molecule has 166 valence electrons. The Labute approximate surface area is 184 Å². The van der Waals surface area contributed by atoms with Crippen LogP contribution in [0.3, 0.4) is 0 Å². The van der Waals surface area contributed by atoms with Gasteiger partial charge >= 0.3 is 0 Å². The Bertz CT molecular complexity index is 845. The Hall–Kier alpha value is -2.56. The van der Waals surface area contributed by atoms with E-state index in [0.717, 1.165) is 45.0 Å². The van der Waals surface area contributed by atoms with E-state index < -0.39 is 5.82 Å². The number of ether oxygens (including phenoxy) is 1. The summed E-state index contributed by atoms with van der Waals surface area (Å²) in [4.78, 5) is 26.3. The molecule has 1 fully saturated rings. The molecule has 0 aliphatic carbocycles. The van der Waals surface area contributed by atoms with Crippen molar-refractivity contribution in [1.82, 2.24) is 20.4 Å². The topological polar surface area (TPSA) is 96.5 Å². The predicted octanol–water partition coefficient (Wildman–Crippen LogP) is 2.19. The molecule has 0 unspecified atom stereocenters. The van der Waals surface area contributed by atoms with Crippen LogP contribution in [0.5, 0.6) is 0 Å². The Kier molecular flexibility index (Phi) is 9.19. The van der Waals surface area contributed by atoms with Crippen LogP contribution < -0.4 is 10.6 Å². The quantitative estimate of drug-likeness (QED) is 0.426. The van der Waals surface area contributed by atoms with E-state index in [0.29, 0.717) is 29.4 Å². The fourth-order valence-electron chi connectivity index (χ4n) is 2.93. The Morgan fingerprint density at radius 1 is 1.10 bits per heavy atom. The number of anilines is 1. The highest BCUT2D eigenvalue weighted by molar-refractivity contribution is 7.99. The van der Waals surface area contributed by atoms with Crippen LogP contribution in [0.15, 0.2) is 41.4 Å². The lowest BCUT2D eigenvalue weighted by Crippen LogP contribution is -2.41. The van der Waals surface area contributed by atoms with Gasteiger partial charge < -0.3 is 15.4 Å². The molecule has 1 aliphatic rings. The van der Waals surface area contributed by atoms with E-state index >= 15 is 0 Å². The monoisotopic (exact) mass is 447 g/mol. The Balaban J connectivity index is 1.29. The highest BCUT2D eigenvalue weighted by atomic mass is 32.2. The highest BCUT2D eigenvalue weighted by Gasteiger charge is 2.10. The van der Waals surface area contributed by atoms with Crippen molar-refractivity contribution in [3.63, 3.8) is 0 Å². The minimum Gasteiger partial charge on any atom is -0.379 e. The number of morpholine rings is 1. The number of hydrogen-bond acceptors (Lipinski definition) is 7. The van der Waals surface area contributed by atoms with Crippen molar-refractivity contribution in [2.45, 2.75) is 17.9 Å². The third-order valence-corrected chi connectivity index (χ3v) is 5.65. The number of nitrogens with one attached hydrogen (secondary N) is 2. The summed E-state index contributed by atoms with van der Waals surface area (Å²) in [5, 5.41) is 14.4. The first-order valence-electron chi connectivity index (χ1n) is 10.2. The predicted molar refractivity (Wildman–Crippen MR) is 117 cm³/mol. The van der Waals surface area contributed by atoms with Gasteiger partial charge in [-0.05, 0) is 42.8 Å². The van der Waals surface area contributed by atoms with Gasteiger partial charge in [-0.3, -0.25) is 14.5 Å². The van der Waals surface area contributed by atoms with Crippen LogP contribution in [-0.2, 0) is 9.53 Å². The maximum Gasteiger partial charge on any atom is 0.256 e. The van der Waals surface area contributed by atoms with Crippen LogP contribution in [0.2, 0.25) is 0 Å². The number of halogens is 1. The Morgan fingerprint density at radius 3 is 2.58 bits per heavy atom. The average molecular weight is 448 g/mol. The summed E-state index contributed by atoms with van der Waals surface area (Å²) >= 11 is 1.50. The molecule has 2 aromatic rings. The summed E-state index contributed by atoms with van der Waals surface area (Å²) in [5.74, 6) is 0.335. The van der Waals surface area contributed by atoms with Crippen LogP contribution in [-0.4, -0.2) is 72.1 Å². The molecule has 1 aliphatic heterocycles. The third kappa shape index (κ3) is 8.23. The molecule has 0 saturated carbocycles. The van der Waals surface area contributed by atoms with Crippen molar-refractivity contribution < 1.29 is 18.7 Å². The van der Waals surface area contributed by atoms with Gasteiger partial charge in [0.15, 0.2) is 5.82 Å².